The number of aromatic nitrogens is 2. The monoisotopic (exact) mass is 246 g/mol. The molecule has 2 aromatic rings. The minimum atomic E-state index is -1.08. The highest BCUT2D eigenvalue weighted by Gasteiger charge is 2.05. The van der Waals surface area contributed by atoms with Gasteiger partial charge in [-0.2, -0.15) is 5.10 Å². The molecule has 1 aromatic carbocycles. The number of carboxylic acids is 1. The third-order valence-electron chi connectivity index (χ3n) is 2.35. The predicted octanol–water partition coefficient (Wildman–Crippen LogP) is 2.42. The van der Waals surface area contributed by atoms with Crippen LogP contribution in [0.25, 0.3) is 11.8 Å². The van der Waals surface area contributed by atoms with E-state index in [1.54, 1.807) is 23.1 Å². The fourth-order valence-corrected chi connectivity index (χ4v) is 1.57. The Bertz CT molecular complexity index is 617. The zero-order valence-electron chi connectivity index (χ0n) is 9.67. The van der Waals surface area contributed by atoms with Crippen molar-refractivity contribution in [1.29, 1.82) is 0 Å². The Hall–Kier alpha value is -2.43. The third-order valence-corrected chi connectivity index (χ3v) is 2.35. The van der Waals surface area contributed by atoms with Crippen LogP contribution in [0.3, 0.4) is 0 Å². The summed E-state index contributed by atoms with van der Waals surface area (Å²) < 4.78 is 14.8. The topological polar surface area (TPSA) is 55.1 Å². The van der Waals surface area contributed by atoms with Gasteiger partial charge in [0.25, 0.3) is 0 Å². The molecule has 0 unspecified atom stereocenters. The van der Waals surface area contributed by atoms with E-state index in [0.717, 1.165) is 11.6 Å². The highest BCUT2D eigenvalue weighted by atomic mass is 19.1. The van der Waals surface area contributed by atoms with Crippen molar-refractivity contribution in [2.75, 3.05) is 0 Å². The van der Waals surface area contributed by atoms with Gasteiger partial charge in [-0.15, -0.1) is 0 Å². The number of rotatable bonds is 3. The van der Waals surface area contributed by atoms with Gasteiger partial charge in [-0.1, -0.05) is 0 Å². The second-order valence-electron chi connectivity index (χ2n) is 3.84. The van der Waals surface area contributed by atoms with Gasteiger partial charge in [0, 0.05) is 17.8 Å². The van der Waals surface area contributed by atoms with Gasteiger partial charge < -0.3 is 5.11 Å². The van der Waals surface area contributed by atoms with Gasteiger partial charge in [0.05, 0.1) is 11.9 Å². The van der Waals surface area contributed by atoms with Crippen LogP contribution in [0.5, 0.6) is 0 Å². The first-order valence-corrected chi connectivity index (χ1v) is 5.28. The van der Waals surface area contributed by atoms with Gasteiger partial charge >= 0.3 is 5.97 Å². The number of nitrogens with zero attached hydrogens (tertiary/aromatic N) is 2. The van der Waals surface area contributed by atoms with Gasteiger partial charge in [0.15, 0.2) is 0 Å². The quantitative estimate of drug-likeness (QED) is 0.846. The predicted molar refractivity (Wildman–Crippen MR) is 64.9 cm³/mol. The van der Waals surface area contributed by atoms with Crippen LogP contribution in [-0.2, 0) is 4.79 Å². The van der Waals surface area contributed by atoms with Crippen molar-refractivity contribution >= 4 is 12.0 Å². The van der Waals surface area contributed by atoms with E-state index in [0.29, 0.717) is 11.3 Å². The summed E-state index contributed by atoms with van der Waals surface area (Å²) in [4.78, 5) is 10.5. The highest BCUT2D eigenvalue weighted by Crippen LogP contribution is 2.17. The lowest BCUT2D eigenvalue weighted by Gasteiger charge is -2.06. The molecule has 5 heteroatoms. The summed E-state index contributed by atoms with van der Waals surface area (Å²) in [6, 6.07) is 4.14. The molecule has 18 heavy (non-hydrogen) atoms. The summed E-state index contributed by atoms with van der Waals surface area (Å²) in [5, 5.41) is 12.7. The van der Waals surface area contributed by atoms with Crippen LogP contribution in [0.2, 0.25) is 0 Å². The summed E-state index contributed by atoms with van der Waals surface area (Å²) >= 11 is 0. The molecule has 4 nitrogen and oxygen atoms in total. The van der Waals surface area contributed by atoms with Crippen LogP contribution in [-0.4, -0.2) is 20.9 Å². The minimum absolute atomic E-state index is 0.423. The molecule has 92 valence electrons. The molecule has 0 saturated heterocycles. The zero-order chi connectivity index (χ0) is 13.1. The maximum absolute atomic E-state index is 13.2. The van der Waals surface area contributed by atoms with Gasteiger partial charge in [-0.25, -0.2) is 13.9 Å². The maximum Gasteiger partial charge on any atom is 0.328 e. The van der Waals surface area contributed by atoms with E-state index in [1.165, 1.54) is 18.2 Å². The van der Waals surface area contributed by atoms with E-state index < -0.39 is 11.8 Å². The molecule has 0 saturated carbocycles. The lowest BCUT2D eigenvalue weighted by molar-refractivity contribution is -0.131. The number of halogens is 1. The highest BCUT2D eigenvalue weighted by molar-refractivity contribution is 5.86. The van der Waals surface area contributed by atoms with Crippen LogP contribution in [0.4, 0.5) is 4.39 Å². The molecule has 0 aliphatic rings. The van der Waals surface area contributed by atoms with Crippen LogP contribution in [0, 0.1) is 12.7 Å². The van der Waals surface area contributed by atoms with Crippen LogP contribution < -0.4 is 0 Å². The molecule has 0 bridgehead atoms. The molecule has 0 amide bonds. The Morgan fingerprint density at radius 2 is 2.28 bits per heavy atom. The Morgan fingerprint density at radius 1 is 1.50 bits per heavy atom. The molecule has 1 aromatic heterocycles. The van der Waals surface area contributed by atoms with Crippen molar-refractivity contribution in [2.45, 2.75) is 6.92 Å². The Labute approximate surface area is 103 Å². The lowest BCUT2D eigenvalue weighted by atomic mass is 10.1. The summed E-state index contributed by atoms with van der Waals surface area (Å²) in [6.45, 7) is 1.89. The van der Waals surface area contributed by atoms with E-state index in [2.05, 4.69) is 5.10 Å². The number of hydrogen-bond donors (Lipinski definition) is 1. The molecule has 0 atom stereocenters. The number of carbonyl (C=O) groups is 1. The number of hydrogen-bond acceptors (Lipinski definition) is 2. The van der Waals surface area contributed by atoms with E-state index in [9.17, 15) is 9.18 Å². The SMILES string of the molecule is Cc1cnn(-c2ccc(F)cc2/C=C/C(=O)O)c1. The van der Waals surface area contributed by atoms with E-state index in [1.807, 2.05) is 6.92 Å². The number of carboxylic acid groups (broad SMARTS) is 1. The minimum Gasteiger partial charge on any atom is -0.478 e. The van der Waals surface area contributed by atoms with Crippen molar-refractivity contribution in [2.24, 2.45) is 0 Å². The second kappa shape index (κ2) is 4.83. The largest absolute Gasteiger partial charge is 0.478 e. The molecule has 0 aliphatic heterocycles. The van der Waals surface area contributed by atoms with Crippen LogP contribution in [0.15, 0.2) is 36.7 Å². The van der Waals surface area contributed by atoms with Crippen molar-refractivity contribution < 1.29 is 14.3 Å². The average Bonchev–Trinajstić information content (AvgIpc) is 2.73. The summed E-state index contributed by atoms with van der Waals surface area (Å²) in [6.07, 6.45) is 5.77. The molecule has 0 spiro atoms. The first-order valence-electron chi connectivity index (χ1n) is 5.28. The van der Waals surface area contributed by atoms with E-state index >= 15 is 0 Å². The fourth-order valence-electron chi connectivity index (χ4n) is 1.57. The Morgan fingerprint density at radius 3 is 2.89 bits per heavy atom. The standard InChI is InChI=1S/C13H11FN2O2/c1-9-7-15-16(8-9)12-4-3-11(14)6-10(12)2-5-13(17)18/h2-8H,1H3,(H,17,18)/b5-2+. The molecule has 0 aliphatic carbocycles. The van der Waals surface area contributed by atoms with Crippen molar-refractivity contribution in [3.8, 4) is 5.69 Å². The molecular weight excluding hydrogens is 235 g/mol. The molecule has 2 rings (SSSR count). The fraction of sp³-hybridized carbons (Fsp3) is 0.0769. The van der Waals surface area contributed by atoms with Crippen molar-refractivity contribution in [3.05, 3.63) is 53.6 Å². The Kier molecular flexibility index (Phi) is 3.23. The van der Waals surface area contributed by atoms with Gasteiger partial charge in [-0.05, 0) is 36.8 Å². The summed E-state index contributed by atoms with van der Waals surface area (Å²) in [5.74, 6) is -1.51. The van der Waals surface area contributed by atoms with Crippen molar-refractivity contribution in [1.82, 2.24) is 9.78 Å². The Balaban J connectivity index is 2.50. The molecule has 1 N–H and O–H groups in total. The number of aliphatic carboxylic acids is 1. The maximum atomic E-state index is 13.2. The normalized spacial score (nSPS) is 11.0. The molecular formula is C13H11FN2O2. The number of benzene rings is 1. The van der Waals surface area contributed by atoms with E-state index in [4.69, 9.17) is 5.11 Å². The van der Waals surface area contributed by atoms with E-state index in [-0.39, 0.29) is 0 Å². The van der Waals surface area contributed by atoms with Crippen molar-refractivity contribution in [3.63, 3.8) is 0 Å². The second-order valence-corrected chi connectivity index (χ2v) is 3.84. The molecule has 0 radical (unpaired) electrons. The summed E-state index contributed by atoms with van der Waals surface area (Å²) in [5.41, 5.74) is 2.05. The van der Waals surface area contributed by atoms with Crippen LogP contribution in [0.1, 0.15) is 11.1 Å². The summed E-state index contributed by atoms with van der Waals surface area (Å²) in [7, 11) is 0. The zero-order valence-corrected chi connectivity index (χ0v) is 9.67. The van der Waals surface area contributed by atoms with Gasteiger partial charge in [0.2, 0.25) is 0 Å². The van der Waals surface area contributed by atoms with Gasteiger partial charge in [0.1, 0.15) is 5.82 Å². The average molecular weight is 246 g/mol. The lowest BCUT2D eigenvalue weighted by Crippen LogP contribution is -1.98. The van der Waals surface area contributed by atoms with Crippen LogP contribution >= 0.6 is 0 Å². The smallest absolute Gasteiger partial charge is 0.328 e. The molecule has 1 heterocycles. The first-order chi connectivity index (χ1) is 8.56. The first kappa shape index (κ1) is 12.0. The third kappa shape index (κ3) is 2.63. The molecule has 0 fully saturated rings. The number of aryl methyl sites for hydroxylation is 1. The van der Waals surface area contributed by atoms with Gasteiger partial charge in [-0.3, -0.25) is 0 Å².